The zero-order valence-electron chi connectivity index (χ0n) is 9.95. The molecule has 0 aromatic heterocycles. The first-order chi connectivity index (χ1) is 7.87. The minimum absolute atomic E-state index is 0. The number of alkyl halides is 3. The zero-order valence-corrected chi connectivity index (χ0v) is 10.8. The molecule has 7 heteroatoms. The molecule has 0 saturated heterocycles. The molecule has 3 nitrogen and oxygen atoms in total. The SMILES string of the molecule is COc1ccc([C@@H](N)CC(F)(F)F)c(OC)c1.Cl. The summed E-state index contributed by atoms with van der Waals surface area (Å²) in [5.41, 5.74) is 5.82. The fourth-order valence-corrected chi connectivity index (χ4v) is 1.48. The molecule has 104 valence electrons. The maximum atomic E-state index is 12.2. The van der Waals surface area contributed by atoms with Crippen molar-refractivity contribution in [1.82, 2.24) is 0 Å². The van der Waals surface area contributed by atoms with Crippen LogP contribution in [0.2, 0.25) is 0 Å². The summed E-state index contributed by atoms with van der Waals surface area (Å²) in [5.74, 6) is 0.797. The first-order valence-electron chi connectivity index (χ1n) is 4.91. The Kier molecular flexibility index (Phi) is 6.28. The second-order valence-corrected chi connectivity index (χ2v) is 3.53. The lowest BCUT2D eigenvalue weighted by molar-refractivity contribution is -0.138. The van der Waals surface area contributed by atoms with Gasteiger partial charge in [0, 0.05) is 17.7 Å². The normalized spacial score (nSPS) is 12.6. The number of hydrogen-bond acceptors (Lipinski definition) is 3. The second-order valence-electron chi connectivity index (χ2n) is 3.53. The Balaban J connectivity index is 0.00000289. The molecule has 1 aromatic rings. The van der Waals surface area contributed by atoms with Gasteiger partial charge in [0.25, 0.3) is 0 Å². The standard InChI is InChI=1S/C11H14F3NO2.ClH/c1-16-7-3-4-8(10(5-7)17-2)9(15)6-11(12,13)14;/h3-5,9H,6,15H2,1-2H3;1H/t9-;/m0./s1. The van der Waals surface area contributed by atoms with Gasteiger partial charge in [-0.1, -0.05) is 6.07 Å². The van der Waals surface area contributed by atoms with E-state index in [1.165, 1.54) is 26.4 Å². The number of benzene rings is 1. The molecule has 0 fully saturated rings. The Hall–Kier alpha value is -1.14. The van der Waals surface area contributed by atoms with Crippen LogP contribution in [0, 0.1) is 0 Å². The van der Waals surface area contributed by atoms with E-state index in [1.807, 2.05) is 0 Å². The van der Waals surface area contributed by atoms with Crippen molar-refractivity contribution in [3.63, 3.8) is 0 Å². The number of hydrogen-bond donors (Lipinski definition) is 1. The molecule has 0 saturated carbocycles. The van der Waals surface area contributed by atoms with Gasteiger partial charge < -0.3 is 15.2 Å². The van der Waals surface area contributed by atoms with Crippen LogP contribution in [0.5, 0.6) is 11.5 Å². The predicted molar refractivity (Wildman–Crippen MR) is 64.4 cm³/mol. The highest BCUT2D eigenvalue weighted by Gasteiger charge is 2.32. The quantitative estimate of drug-likeness (QED) is 0.924. The van der Waals surface area contributed by atoms with E-state index < -0.39 is 18.6 Å². The number of methoxy groups -OCH3 is 2. The van der Waals surface area contributed by atoms with Gasteiger partial charge in [0.15, 0.2) is 0 Å². The number of nitrogens with two attached hydrogens (primary N) is 1. The van der Waals surface area contributed by atoms with E-state index in [2.05, 4.69) is 0 Å². The molecule has 0 aliphatic rings. The van der Waals surface area contributed by atoms with Gasteiger partial charge in [0.2, 0.25) is 0 Å². The van der Waals surface area contributed by atoms with Gasteiger partial charge in [0.1, 0.15) is 11.5 Å². The molecule has 0 aliphatic heterocycles. The van der Waals surface area contributed by atoms with Gasteiger partial charge in [-0.25, -0.2) is 0 Å². The van der Waals surface area contributed by atoms with Crippen LogP contribution in [0.1, 0.15) is 18.0 Å². The molecule has 0 unspecified atom stereocenters. The smallest absolute Gasteiger partial charge is 0.390 e. The topological polar surface area (TPSA) is 44.5 Å². The highest BCUT2D eigenvalue weighted by molar-refractivity contribution is 5.85. The second kappa shape index (κ2) is 6.70. The minimum atomic E-state index is -4.30. The van der Waals surface area contributed by atoms with Crippen LogP contribution >= 0.6 is 12.4 Å². The van der Waals surface area contributed by atoms with Crippen LogP contribution in [-0.2, 0) is 0 Å². The fourth-order valence-electron chi connectivity index (χ4n) is 1.48. The zero-order chi connectivity index (χ0) is 13.1. The molecule has 0 spiro atoms. The van der Waals surface area contributed by atoms with E-state index in [0.29, 0.717) is 17.1 Å². The molecule has 0 bridgehead atoms. The van der Waals surface area contributed by atoms with Gasteiger partial charge in [-0.3, -0.25) is 0 Å². The van der Waals surface area contributed by atoms with Crippen molar-refractivity contribution in [2.75, 3.05) is 14.2 Å². The van der Waals surface area contributed by atoms with Gasteiger partial charge in [0.05, 0.1) is 20.6 Å². The van der Waals surface area contributed by atoms with E-state index in [0.717, 1.165) is 0 Å². The molecule has 18 heavy (non-hydrogen) atoms. The Morgan fingerprint density at radius 3 is 2.28 bits per heavy atom. The van der Waals surface area contributed by atoms with Crippen LogP contribution in [0.3, 0.4) is 0 Å². The molecule has 1 rings (SSSR count). The van der Waals surface area contributed by atoms with Crippen molar-refractivity contribution >= 4 is 12.4 Å². The van der Waals surface area contributed by atoms with Crippen LogP contribution in [0.25, 0.3) is 0 Å². The molecular formula is C11H15ClF3NO2. The summed E-state index contributed by atoms with van der Waals surface area (Å²) < 4.78 is 46.6. The van der Waals surface area contributed by atoms with Gasteiger partial charge >= 0.3 is 6.18 Å². The van der Waals surface area contributed by atoms with Crippen LogP contribution < -0.4 is 15.2 Å². The summed E-state index contributed by atoms with van der Waals surface area (Å²) in [7, 11) is 2.84. The summed E-state index contributed by atoms with van der Waals surface area (Å²) in [6.45, 7) is 0. The van der Waals surface area contributed by atoms with Crippen molar-refractivity contribution in [2.24, 2.45) is 5.73 Å². The molecule has 0 radical (unpaired) electrons. The monoisotopic (exact) mass is 285 g/mol. The molecule has 1 aromatic carbocycles. The first-order valence-corrected chi connectivity index (χ1v) is 4.91. The lowest BCUT2D eigenvalue weighted by Gasteiger charge is -2.17. The van der Waals surface area contributed by atoms with Gasteiger partial charge in [-0.2, -0.15) is 13.2 Å². The summed E-state index contributed by atoms with van der Waals surface area (Å²) in [6.07, 6.45) is -5.39. The molecule has 0 aliphatic carbocycles. The van der Waals surface area contributed by atoms with Gasteiger partial charge in [-0.05, 0) is 6.07 Å². The summed E-state index contributed by atoms with van der Waals surface area (Å²) in [6, 6.07) is 3.39. The highest BCUT2D eigenvalue weighted by atomic mass is 35.5. The van der Waals surface area contributed by atoms with Crippen molar-refractivity contribution in [2.45, 2.75) is 18.6 Å². The Morgan fingerprint density at radius 1 is 1.22 bits per heavy atom. The Morgan fingerprint density at radius 2 is 1.83 bits per heavy atom. The van der Waals surface area contributed by atoms with Crippen molar-refractivity contribution in [3.05, 3.63) is 23.8 Å². The Labute approximate surface area is 109 Å². The fraction of sp³-hybridized carbons (Fsp3) is 0.455. The highest BCUT2D eigenvalue weighted by Crippen LogP contribution is 2.34. The first kappa shape index (κ1) is 16.9. The lowest BCUT2D eigenvalue weighted by Crippen LogP contribution is -2.20. The molecule has 1 atom stereocenters. The van der Waals surface area contributed by atoms with Crippen molar-refractivity contribution in [3.8, 4) is 11.5 Å². The maximum absolute atomic E-state index is 12.2. The summed E-state index contributed by atoms with van der Waals surface area (Å²) in [5, 5.41) is 0. The van der Waals surface area contributed by atoms with E-state index in [1.54, 1.807) is 6.07 Å². The summed E-state index contributed by atoms with van der Waals surface area (Å²) >= 11 is 0. The number of halogens is 4. The molecule has 0 amide bonds. The third-order valence-corrected chi connectivity index (χ3v) is 2.29. The minimum Gasteiger partial charge on any atom is -0.497 e. The van der Waals surface area contributed by atoms with Crippen LogP contribution in [0.15, 0.2) is 18.2 Å². The average molecular weight is 286 g/mol. The number of ether oxygens (including phenoxy) is 2. The average Bonchev–Trinajstić information content (AvgIpc) is 2.25. The van der Waals surface area contributed by atoms with Gasteiger partial charge in [-0.15, -0.1) is 12.4 Å². The van der Waals surface area contributed by atoms with E-state index in [4.69, 9.17) is 15.2 Å². The molecule has 2 N–H and O–H groups in total. The third kappa shape index (κ3) is 4.62. The lowest BCUT2D eigenvalue weighted by atomic mass is 10.0. The predicted octanol–water partition coefficient (Wildman–Crippen LogP) is 3.08. The maximum Gasteiger partial charge on any atom is 0.390 e. The molecular weight excluding hydrogens is 271 g/mol. The van der Waals surface area contributed by atoms with E-state index >= 15 is 0 Å². The summed E-state index contributed by atoms with van der Waals surface area (Å²) in [4.78, 5) is 0. The van der Waals surface area contributed by atoms with E-state index in [-0.39, 0.29) is 12.4 Å². The molecule has 0 heterocycles. The number of rotatable bonds is 4. The van der Waals surface area contributed by atoms with Crippen LogP contribution in [0.4, 0.5) is 13.2 Å². The Bertz CT molecular complexity index is 385. The van der Waals surface area contributed by atoms with Crippen molar-refractivity contribution in [1.29, 1.82) is 0 Å². The third-order valence-electron chi connectivity index (χ3n) is 2.29. The van der Waals surface area contributed by atoms with Crippen molar-refractivity contribution < 1.29 is 22.6 Å². The largest absolute Gasteiger partial charge is 0.497 e. The van der Waals surface area contributed by atoms with Crippen LogP contribution in [-0.4, -0.2) is 20.4 Å². The van der Waals surface area contributed by atoms with E-state index in [9.17, 15) is 13.2 Å².